The Morgan fingerprint density at radius 2 is 1.75 bits per heavy atom. The first kappa shape index (κ1) is 17.3. The standard InChI is InChI=1S/C16H14N2O5S/c1-22-13-4-6-14(7-5-13)23-15-8-3-11(9-12(15)10-17)16(19)18-24(2,20)21/h3-9H,1-2H3,(H,18,19). The molecule has 0 radical (unpaired) electrons. The number of ether oxygens (including phenoxy) is 2. The molecular weight excluding hydrogens is 332 g/mol. The summed E-state index contributed by atoms with van der Waals surface area (Å²) in [6.45, 7) is 0. The van der Waals surface area contributed by atoms with Crippen LogP contribution in [0, 0.1) is 11.3 Å². The van der Waals surface area contributed by atoms with E-state index in [1.165, 1.54) is 18.2 Å². The third kappa shape index (κ3) is 4.47. The smallest absolute Gasteiger partial charge is 0.264 e. The maximum Gasteiger partial charge on any atom is 0.264 e. The van der Waals surface area contributed by atoms with Crippen molar-refractivity contribution in [3.63, 3.8) is 0 Å². The molecule has 0 fully saturated rings. The first-order valence-corrected chi connectivity index (χ1v) is 8.59. The third-order valence-corrected chi connectivity index (χ3v) is 3.48. The molecule has 1 amide bonds. The molecule has 0 saturated heterocycles. The van der Waals surface area contributed by atoms with Crippen LogP contribution in [0.25, 0.3) is 0 Å². The number of methoxy groups -OCH3 is 1. The number of nitriles is 1. The fraction of sp³-hybridized carbons (Fsp3) is 0.125. The minimum Gasteiger partial charge on any atom is -0.497 e. The minimum absolute atomic E-state index is 0.0408. The van der Waals surface area contributed by atoms with E-state index in [0.29, 0.717) is 11.5 Å². The Morgan fingerprint density at radius 3 is 2.29 bits per heavy atom. The highest BCUT2D eigenvalue weighted by Gasteiger charge is 2.14. The first-order chi connectivity index (χ1) is 11.3. The van der Waals surface area contributed by atoms with E-state index in [-0.39, 0.29) is 16.9 Å². The van der Waals surface area contributed by atoms with E-state index in [1.54, 1.807) is 31.4 Å². The molecule has 2 rings (SSSR count). The van der Waals surface area contributed by atoms with Crippen molar-refractivity contribution in [2.45, 2.75) is 0 Å². The Morgan fingerprint density at radius 1 is 1.12 bits per heavy atom. The van der Waals surface area contributed by atoms with Crippen LogP contribution < -0.4 is 14.2 Å². The van der Waals surface area contributed by atoms with Crippen molar-refractivity contribution in [2.75, 3.05) is 13.4 Å². The van der Waals surface area contributed by atoms with Gasteiger partial charge in [0.1, 0.15) is 23.3 Å². The molecule has 0 spiro atoms. The van der Waals surface area contributed by atoms with Crippen molar-refractivity contribution in [1.29, 1.82) is 5.26 Å². The summed E-state index contributed by atoms with van der Waals surface area (Å²) in [6, 6.07) is 12.7. The summed E-state index contributed by atoms with van der Waals surface area (Å²) < 4.78 is 34.7. The number of carbonyl (C=O) groups excluding carboxylic acids is 1. The average molecular weight is 346 g/mol. The lowest BCUT2D eigenvalue weighted by molar-refractivity contribution is 0.0981. The van der Waals surface area contributed by atoms with Crippen LogP contribution in [0.3, 0.4) is 0 Å². The molecule has 2 aromatic carbocycles. The Balaban J connectivity index is 2.25. The van der Waals surface area contributed by atoms with E-state index in [1.807, 2.05) is 10.8 Å². The average Bonchev–Trinajstić information content (AvgIpc) is 2.54. The quantitative estimate of drug-likeness (QED) is 0.888. The zero-order valence-corrected chi connectivity index (χ0v) is 13.8. The van der Waals surface area contributed by atoms with Gasteiger partial charge in [-0.1, -0.05) is 0 Å². The second kappa shape index (κ2) is 7.02. The van der Waals surface area contributed by atoms with Crippen LogP contribution in [0.5, 0.6) is 17.2 Å². The van der Waals surface area contributed by atoms with Crippen molar-refractivity contribution in [2.24, 2.45) is 0 Å². The summed E-state index contributed by atoms with van der Waals surface area (Å²) in [6.07, 6.45) is 0.872. The highest BCUT2D eigenvalue weighted by molar-refractivity contribution is 7.89. The van der Waals surface area contributed by atoms with Crippen LogP contribution in [-0.2, 0) is 10.0 Å². The molecule has 0 saturated carbocycles. The number of benzene rings is 2. The van der Waals surface area contributed by atoms with E-state index in [2.05, 4.69) is 0 Å². The van der Waals surface area contributed by atoms with E-state index >= 15 is 0 Å². The van der Waals surface area contributed by atoms with Gasteiger partial charge in [-0.2, -0.15) is 5.26 Å². The van der Waals surface area contributed by atoms with Gasteiger partial charge in [-0.15, -0.1) is 0 Å². The molecular formula is C16H14N2O5S. The molecule has 0 atom stereocenters. The highest BCUT2D eigenvalue weighted by Crippen LogP contribution is 2.27. The Bertz CT molecular complexity index is 899. The van der Waals surface area contributed by atoms with Gasteiger partial charge in [0.05, 0.1) is 18.9 Å². The molecule has 2 aromatic rings. The number of hydrogen-bond acceptors (Lipinski definition) is 6. The van der Waals surface area contributed by atoms with Crippen LogP contribution in [-0.4, -0.2) is 27.7 Å². The summed E-state index contributed by atoms with van der Waals surface area (Å²) in [4.78, 5) is 11.8. The molecule has 0 aliphatic heterocycles. The van der Waals surface area contributed by atoms with Gasteiger partial charge in [0.15, 0.2) is 0 Å². The number of amides is 1. The number of nitrogens with zero attached hydrogens (tertiary/aromatic N) is 1. The van der Waals surface area contributed by atoms with Gasteiger partial charge in [-0.05, 0) is 42.5 Å². The second-order valence-electron chi connectivity index (χ2n) is 4.80. The van der Waals surface area contributed by atoms with Crippen LogP contribution in [0.15, 0.2) is 42.5 Å². The lowest BCUT2D eigenvalue weighted by atomic mass is 10.1. The van der Waals surface area contributed by atoms with Gasteiger partial charge in [0.2, 0.25) is 10.0 Å². The second-order valence-corrected chi connectivity index (χ2v) is 6.55. The monoisotopic (exact) mass is 346 g/mol. The van der Waals surface area contributed by atoms with Gasteiger partial charge in [0.25, 0.3) is 5.91 Å². The Labute approximate surface area is 139 Å². The maximum absolute atomic E-state index is 11.8. The van der Waals surface area contributed by atoms with Gasteiger partial charge < -0.3 is 9.47 Å². The maximum atomic E-state index is 11.8. The molecule has 24 heavy (non-hydrogen) atoms. The zero-order chi connectivity index (χ0) is 17.7. The van der Waals surface area contributed by atoms with Gasteiger partial charge >= 0.3 is 0 Å². The number of nitrogens with one attached hydrogen (secondary N) is 1. The van der Waals surface area contributed by atoms with E-state index in [9.17, 15) is 18.5 Å². The Kier molecular flexibility index (Phi) is 5.06. The van der Waals surface area contributed by atoms with Crippen LogP contribution >= 0.6 is 0 Å². The summed E-state index contributed by atoms with van der Waals surface area (Å²) in [5, 5.41) is 9.22. The van der Waals surface area contributed by atoms with Crippen LogP contribution in [0.1, 0.15) is 15.9 Å². The number of rotatable bonds is 5. The molecule has 8 heteroatoms. The summed E-state index contributed by atoms with van der Waals surface area (Å²) in [7, 11) is -2.14. The fourth-order valence-corrected chi connectivity index (χ4v) is 2.30. The van der Waals surface area contributed by atoms with E-state index in [4.69, 9.17) is 9.47 Å². The Hall–Kier alpha value is -3.05. The van der Waals surface area contributed by atoms with Crippen LogP contribution in [0.4, 0.5) is 0 Å². The third-order valence-electron chi connectivity index (χ3n) is 2.93. The van der Waals surface area contributed by atoms with Crippen LogP contribution in [0.2, 0.25) is 0 Å². The molecule has 0 aliphatic carbocycles. The number of carbonyl (C=O) groups is 1. The predicted molar refractivity (Wildman–Crippen MR) is 86.5 cm³/mol. The molecule has 0 unspecified atom stereocenters. The first-order valence-electron chi connectivity index (χ1n) is 6.70. The van der Waals surface area contributed by atoms with Crippen molar-refractivity contribution >= 4 is 15.9 Å². The summed E-state index contributed by atoms with van der Waals surface area (Å²) >= 11 is 0. The van der Waals surface area contributed by atoms with Crippen molar-refractivity contribution < 1.29 is 22.7 Å². The molecule has 0 aromatic heterocycles. The molecule has 0 bridgehead atoms. The normalized spacial score (nSPS) is 10.5. The predicted octanol–water partition coefficient (Wildman–Crippen LogP) is 2.05. The molecule has 0 aliphatic rings. The topological polar surface area (TPSA) is 105 Å². The summed E-state index contributed by atoms with van der Waals surface area (Å²) in [5.41, 5.74) is 0.144. The number of sulfonamides is 1. The van der Waals surface area contributed by atoms with Crippen molar-refractivity contribution in [3.05, 3.63) is 53.6 Å². The van der Waals surface area contributed by atoms with E-state index < -0.39 is 15.9 Å². The van der Waals surface area contributed by atoms with Gasteiger partial charge in [0, 0.05) is 5.56 Å². The van der Waals surface area contributed by atoms with Gasteiger partial charge in [-0.3, -0.25) is 4.79 Å². The molecule has 1 N–H and O–H groups in total. The lowest BCUT2D eigenvalue weighted by Gasteiger charge is -2.09. The van der Waals surface area contributed by atoms with Gasteiger partial charge in [-0.25, -0.2) is 13.1 Å². The van der Waals surface area contributed by atoms with Crippen molar-refractivity contribution in [3.8, 4) is 23.3 Å². The largest absolute Gasteiger partial charge is 0.497 e. The molecule has 0 heterocycles. The number of hydrogen-bond donors (Lipinski definition) is 1. The fourth-order valence-electron chi connectivity index (χ4n) is 1.85. The minimum atomic E-state index is -3.68. The summed E-state index contributed by atoms with van der Waals surface area (Å²) in [5.74, 6) is 0.583. The zero-order valence-electron chi connectivity index (χ0n) is 12.9. The highest BCUT2D eigenvalue weighted by atomic mass is 32.2. The van der Waals surface area contributed by atoms with Crippen molar-refractivity contribution in [1.82, 2.24) is 4.72 Å². The SMILES string of the molecule is COc1ccc(Oc2ccc(C(=O)NS(C)(=O)=O)cc2C#N)cc1. The molecule has 124 valence electrons. The molecule has 7 nitrogen and oxygen atoms in total. The lowest BCUT2D eigenvalue weighted by Crippen LogP contribution is -2.29. The van der Waals surface area contributed by atoms with E-state index in [0.717, 1.165) is 6.26 Å².